The average molecular weight is 281 g/mol. The third-order valence-corrected chi connectivity index (χ3v) is 7.40. The van der Waals surface area contributed by atoms with E-state index in [2.05, 4.69) is 0 Å². The smallest absolute Gasteiger partial charge is 0.229 e. The Morgan fingerprint density at radius 1 is 0.438 bits per heavy atom. The number of alkyl halides is 8. The summed E-state index contributed by atoms with van der Waals surface area (Å²) in [6.07, 6.45) is 0. The third-order valence-electron chi connectivity index (χ3n) is 5.70. The molecule has 0 heterocycles. The van der Waals surface area contributed by atoms with E-state index in [4.69, 9.17) is 23.2 Å². The van der Waals surface area contributed by atoms with Crippen LogP contribution in [0, 0.1) is 0 Å². The Morgan fingerprint density at radius 3 is 0.812 bits per heavy atom. The normalized spacial score (nSPS) is 97.5. The first-order valence-electron chi connectivity index (χ1n) is 4.51. The molecule has 0 amide bonds. The summed E-state index contributed by atoms with van der Waals surface area (Å²) in [4.78, 5) is -5.64. The molecule has 6 rings (SSSR count). The highest BCUT2D eigenvalue weighted by Gasteiger charge is 3.48. The maximum Gasteiger partial charge on any atom is 0.229 e. The molecular weight excluding hydrogens is 281 g/mol. The fourth-order valence-corrected chi connectivity index (χ4v) is 6.88. The Hall–Kier alpha value is 0.160. The largest absolute Gasteiger partial charge is 0.234 e. The fraction of sp³-hybridized carbons (Fsp3) is 1.00. The Kier molecular flexibility index (Phi) is 0.748. The van der Waals surface area contributed by atoms with E-state index in [0.29, 0.717) is 0 Å². The van der Waals surface area contributed by atoms with E-state index < -0.39 is 43.8 Å². The molecule has 6 fully saturated rings. The molecule has 4 unspecified atom stereocenters. The lowest BCUT2D eigenvalue weighted by Crippen LogP contribution is -3.46. The second-order valence-corrected chi connectivity index (χ2v) is 6.40. The van der Waals surface area contributed by atoms with Crippen LogP contribution in [0.15, 0.2) is 0 Å². The van der Waals surface area contributed by atoms with Crippen LogP contribution in [0.5, 0.6) is 0 Å². The first kappa shape index (κ1) is 9.14. The summed E-state index contributed by atoms with van der Waals surface area (Å²) in [6.45, 7) is 0. The van der Waals surface area contributed by atoms with Gasteiger partial charge in [0.25, 0.3) is 0 Å². The monoisotopic (exact) mass is 280 g/mol. The van der Waals surface area contributed by atoms with Crippen molar-refractivity contribution in [1.29, 1.82) is 0 Å². The molecule has 16 heavy (non-hydrogen) atoms. The number of hydrogen-bond donors (Lipinski definition) is 0. The zero-order valence-electron chi connectivity index (χ0n) is 7.02. The average Bonchev–Trinajstić information content (AvgIpc) is 2.27. The molecule has 0 N–H and O–H groups in total. The van der Waals surface area contributed by atoms with E-state index in [1.165, 1.54) is 0 Å². The summed E-state index contributed by atoms with van der Waals surface area (Å²) in [6, 6.07) is 0. The first-order valence-corrected chi connectivity index (χ1v) is 5.27. The topological polar surface area (TPSA) is 0 Å². The van der Waals surface area contributed by atoms with Gasteiger partial charge >= 0.3 is 0 Å². The highest BCUT2D eigenvalue weighted by molar-refractivity contribution is 6.48. The van der Waals surface area contributed by atoms with Gasteiger partial charge in [-0.15, -0.1) is 23.2 Å². The van der Waals surface area contributed by atoms with Crippen LogP contribution in [-0.4, -0.2) is 43.8 Å². The molecule has 6 aliphatic carbocycles. The van der Waals surface area contributed by atoms with Gasteiger partial charge in [-0.2, -0.15) is 0 Å². The van der Waals surface area contributed by atoms with Crippen molar-refractivity contribution >= 4 is 23.2 Å². The molecule has 6 saturated carbocycles. The van der Waals surface area contributed by atoms with Crippen LogP contribution < -0.4 is 0 Å². The van der Waals surface area contributed by atoms with Gasteiger partial charge in [0.05, 0.1) is 0 Å². The Morgan fingerprint density at radius 2 is 0.625 bits per heavy atom. The quantitative estimate of drug-likeness (QED) is 0.472. The van der Waals surface area contributed by atoms with Crippen molar-refractivity contribution in [2.75, 3.05) is 0 Å². The van der Waals surface area contributed by atoms with E-state index in [9.17, 15) is 26.3 Å². The molecule has 0 bridgehead atoms. The maximum atomic E-state index is 13.9. The van der Waals surface area contributed by atoms with Crippen molar-refractivity contribution in [2.45, 2.75) is 43.8 Å². The Bertz CT molecular complexity index is 339. The van der Waals surface area contributed by atoms with E-state index >= 15 is 0 Å². The van der Waals surface area contributed by atoms with Crippen molar-refractivity contribution in [3.63, 3.8) is 0 Å². The van der Waals surface area contributed by atoms with Gasteiger partial charge < -0.3 is 0 Å². The molecule has 88 valence electrons. The minimum Gasteiger partial charge on any atom is -0.234 e. The van der Waals surface area contributed by atoms with Crippen molar-refractivity contribution < 1.29 is 26.3 Å². The minimum atomic E-state index is -3.82. The SMILES string of the molecule is FC12C3(F)C4(F)C1(F)C1(Cl)C2(F)C3(F)C41Cl. The molecule has 4 atom stereocenters. The van der Waals surface area contributed by atoms with Crippen LogP contribution in [-0.2, 0) is 0 Å². The maximum absolute atomic E-state index is 13.9. The summed E-state index contributed by atoms with van der Waals surface area (Å²) in [5, 5.41) is 0. The van der Waals surface area contributed by atoms with Gasteiger partial charge in [-0.05, 0) is 0 Å². The van der Waals surface area contributed by atoms with Gasteiger partial charge in [0, 0.05) is 0 Å². The second-order valence-electron chi connectivity index (χ2n) is 5.27. The van der Waals surface area contributed by atoms with Crippen LogP contribution in [0.1, 0.15) is 0 Å². The minimum absolute atomic E-state index is 2.82. The molecule has 0 saturated heterocycles. The first-order chi connectivity index (χ1) is 7.00. The van der Waals surface area contributed by atoms with Gasteiger partial charge in [-0.3, -0.25) is 0 Å². The summed E-state index contributed by atoms with van der Waals surface area (Å²) < 4.78 is 83.0. The van der Waals surface area contributed by atoms with Crippen LogP contribution >= 0.6 is 23.2 Å². The fourth-order valence-electron chi connectivity index (χ4n) is 5.32. The standard InChI is InChI=1S/C8Cl2F6/c9-1-2(10)5(13)3(1,11)7(15)4(1,12)6(2,14)8(5,7)16. The second kappa shape index (κ2) is 1.31. The number of rotatable bonds is 0. The van der Waals surface area contributed by atoms with E-state index in [1.807, 2.05) is 0 Å². The van der Waals surface area contributed by atoms with Gasteiger partial charge in [-0.25, -0.2) is 26.3 Å². The molecule has 0 nitrogen and oxygen atoms in total. The number of halogens is 8. The van der Waals surface area contributed by atoms with Crippen LogP contribution in [0.3, 0.4) is 0 Å². The van der Waals surface area contributed by atoms with Crippen LogP contribution in [0.25, 0.3) is 0 Å². The zero-order valence-corrected chi connectivity index (χ0v) is 8.54. The molecule has 0 aromatic carbocycles. The summed E-state index contributed by atoms with van der Waals surface area (Å²) >= 11 is 10.7. The molecule has 8 heteroatoms. The predicted octanol–water partition coefficient (Wildman–Crippen LogP) is 2.26. The van der Waals surface area contributed by atoms with E-state index in [-0.39, 0.29) is 0 Å². The van der Waals surface area contributed by atoms with Gasteiger partial charge in [0.2, 0.25) is 34.0 Å². The van der Waals surface area contributed by atoms with E-state index in [0.717, 1.165) is 0 Å². The van der Waals surface area contributed by atoms with Gasteiger partial charge in [0.1, 0.15) is 0 Å². The Balaban J connectivity index is 1.95. The summed E-state index contributed by atoms with van der Waals surface area (Å²) in [7, 11) is 0. The highest BCUT2D eigenvalue weighted by atomic mass is 35.5. The van der Waals surface area contributed by atoms with Crippen molar-refractivity contribution in [3.8, 4) is 0 Å². The third kappa shape index (κ3) is 0.210. The predicted molar refractivity (Wildman–Crippen MR) is 40.2 cm³/mol. The Labute approximate surface area is 93.9 Å². The molecule has 0 spiro atoms. The summed E-state index contributed by atoms with van der Waals surface area (Å²) in [5.74, 6) is 0. The number of hydrogen-bond acceptors (Lipinski definition) is 0. The van der Waals surface area contributed by atoms with E-state index in [1.54, 1.807) is 0 Å². The van der Waals surface area contributed by atoms with Gasteiger partial charge in [0.15, 0.2) is 9.75 Å². The lowest BCUT2D eigenvalue weighted by atomic mass is 8.93. The van der Waals surface area contributed by atoms with Crippen molar-refractivity contribution in [3.05, 3.63) is 0 Å². The summed E-state index contributed by atoms with van der Waals surface area (Å²) in [5.41, 5.74) is -21.8. The van der Waals surface area contributed by atoms with Crippen LogP contribution in [0.2, 0.25) is 0 Å². The zero-order chi connectivity index (χ0) is 12.0. The van der Waals surface area contributed by atoms with Gasteiger partial charge in [-0.1, -0.05) is 0 Å². The lowest BCUT2D eigenvalue weighted by Gasteiger charge is -3.14. The molecule has 6 aliphatic rings. The van der Waals surface area contributed by atoms with Crippen molar-refractivity contribution in [2.24, 2.45) is 0 Å². The van der Waals surface area contributed by atoms with Crippen LogP contribution in [0.4, 0.5) is 26.3 Å². The molecule has 0 aromatic rings. The molecule has 0 radical (unpaired) electrons. The molecule has 0 aliphatic heterocycles. The highest BCUT2D eigenvalue weighted by Crippen LogP contribution is 3.18. The lowest BCUT2D eigenvalue weighted by molar-refractivity contribution is -0.725. The van der Waals surface area contributed by atoms with Crippen molar-refractivity contribution in [1.82, 2.24) is 0 Å². The molecule has 0 aromatic heterocycles. The molecular formula is C8Cl2F6.